The van der Waals surface area contributed by atoms with Gasteiger partial charge >= 0.3 is 12.1 Å². The quantitative estimate of drug-likeness (QED) is 0.609. The molecule has 1 aliphatic rings. The van der Waals surface area contributed by atoms with Crippen molar-refractivity contribution in [3.63, 3.8) is 0 Å². The van der Waals surface area contributed by atoms with Crippen molar-refractivity contribution in [2.45, 2.75) is 32.1 Å². The van der Waals surface area contributed by atoms with Crippen LogP contribution in [0.5, 0.6) is 5.75 Å². The van der Waals surface area contributed by atoms with Gasteiger partial charge in [0.25, 0.3) is 0 Å². The van der Waals surface area contributed by atoms with Gasteiger partial charge in [-0.05, 0) is 47.7 Å². The lowest BCUT2D eigenvalue weighted by Gasteiger charge is -2.42. The lowest BCUT2D eigenvalue weighted by molar-refractivity contribution is -0.151. The highest BCUT2D eigenvalue weighted by atomic mass is 16.6. The molecule has 0 saturated heterocycles. The van der Waals surface area contributed by atoms with Gasteiger partial charge < -0.3 is 14.6 Å². The van der Waals surface area contributed by atoms with Crippen LogP contribution in [0.3, 0.4) is 0 Å². The van der Waals surface area contributed by atoms with Gasteiger partial charge in [0.05, 0.1) is 0 Å². The molecule has 3 aromatic carbocycles. The summed E-state index contributed by atoms with van der Waals surface area (Å²) >= 11 is 0. The van der Waals surface area contributed by atoms with Gasteiger partial charge in [0.15, 0.2) is 5.54 Å². The molecule has 6 heteroatoms. The van der Waals surface area contributed by atoms with Gasteiger partial charge in [-0.15, -0.1) is 0 Å². The molecule has 1 atom stereocenters. The molecule has 32 heavy (non-hydrogen) atoms. The van der Waals surface area contributed by atoms with Crippen molar-refractivity contribution in [1.29, 1.82) is 0 Å². The highest BCUT2D eigenvalue weighted by Gasteiger charge is 2.48. The number of ether oxygens (including phenoxy) is 2. The fraction of sp³-hybridized carbons (Fsp3) is 0.231. The zero-order valence-electron chi connectivity index (χ0n) is 17.9. The van der Waals surface area contributed by atoms with Crippen LogP contribution < -0.4 is 4.74 Å². The molecular weight excluding hydrogens is 406 g/mol. The van der Waals surface area contributed by atoms with Gasteiger partial charge in [-0.2, -0.15) is 0 Å². The number of fused-ring (bicyclic) bond motifs is 1. The van der Waals surface area contributed by atoms with E-state index in [0.717, 1.165) is 16.7 Å². The Balaban J connectivity index is 1.52. The van der Waals surface area contributed by atoms with Crippen LogP contribution in [0.1, 0.15) is 29.2 Å². The van der Waals surface area contributed by atoms with Crippen molar-refractivity contribution in [3.8, 4) is 5.75 Å². The SMILES string of the molecule is CC1(C(=O)O)c2ccc(OCc3ccccc3)cc2CCN1C(=O)OCc1ccccc1. The molecule has 3 aromatic rings. The molecule has 164 valence electrons. The van der Waals surface area contributed by atoms with E-state index in [4.69, 9.17) is 9.47 Å². The van der Waals surface area contributed by atoms with E-state index in [-0.39, 0.29) is 13.2 Å². The molecule has 1 aliphatic heterocycles. The van der Waals surface area contributed by atoms with Crippen molar-refractivity contribution in [2.75, 3.05) is 6.54 Å². The number of amides is 1. The van der Waals surface area contributed by atoms with E-state index >= 15 is 0 Å². The molecule has 0 spiro atoms. The summed E-state index contributed by atoms with van der Waals surface area (Å²) in [6.07, 6.45) is -0.130. The number of carbonyl (C=O) groups excluding carboxylic acids is 1. The van der Waals surface area contributed by atoms with E-state index in [9.17, 15) is 14.7 Å². The summed E-state index contributed by atoms with van der Waals surface area (Å²) in [5.74, 6) is -0.437. The Kier molecular flexibility index (Phi) is 6.12. The van der Waals surface area contributed by atoms with Gasteiger partial charge in [-0.3, -0.25) is 4.90 Å². The van der Waals surface area contributed by atoms with Gasteiger partial charge in [0.1, 0.15) is 19.0 Å². The Morgan fingerprint density at radius 3 is 2.19 bits per heavy atom. The summed E-state index contributed by atoms with van der Waals surface area (Å²) in [5.41, 5.74) is 1.79. The second kappa shape index (κ2) is 9.14. The van der Waals surface area contributed by atoms with E-state index < -0.39 is 17.6 Å². The molecule has 1 heterocycles. The lowest BCUT2D eigenvalue weighted by atomic mass is 9.82. The van der Waals surface area contributed by atoms with Crippen LogP contribution in [-0.2, 0) is 34.7 Å². The Morgan fingerprint density at radius 1 is 0.938 bits per heavy atom. The van der Waals surface area contributed by atoms with Crippen molar-refractivity contribution < 1.29 is 24.2 Å². The molecule has 1 N–H and O–H groups in total. The number of hydrogen-bond acceptors (Lipinski definition) is 4. The third-order valence-electron chi connectivity index (χ3n) is 5.84. The van der Waals surface area contributed by atoms with Crippen molar-refractivity contribution in [2.24, 2.45) is 0 Å². The van der Waals surface area contributed by atoms with Crippen molar-refractivity contribution >= 4 is 12.1 Å². The minimum atomic E-state index is -1.53. The summed E-state index contributed by atoms with van der Waals surface area (Å²) in [4.78, 5) is 26.5. The van der Waals surface area contributed by atoms with Crippen LogP contribution >= 0.6 is 0 Å². The number of carbonyl (C=O) groups is 2. The summed E-state index contributed by atoms with van der Waals surface area (Å²) in [6.45, 7) is 2.30. The molecule has 4 rings (SSSR count). The number of carboxylic acid groups (broad SMARTS) is 1. The zero-order valence-corrected chi connectivity index (χ0v) is 17.9. The first-order chi connectivity index (χ1) is 15.5. The Labute approximate surface area is 187 Å². The number of carboxylic acids is 1. The Hall–Kier alpha value is -3.80. The molecule has 0 aromatic heterocycles. The minimum Gasteiger partial charge on any atom is -0.489 e. The van der Waals surface area contributed by atoms with Gasteiger partial charge in [-0.1, -0.05) is 66.7 Å². The largest absolute Gasteiger partial charge is 0.489 e. The number of hydrogen-bond donors (Lipinski definition) is 1. The molecule has 1 unspecified atom stereocenters. The van der Waals surface area contributed by atoms with Crippen LogP contribution in [0, 0.1) is 0 Å². The number of rotatable bonds is 6. The molecule has 0 fully saturated rings. The third kappa shape index (κ3) is 4.30. The average molecular weight is 431 g/mol. The van der Waals surface area contributed by atoms with Crippen LogP contribution in [-0.4, -0.2) is 28.6 Å². The maximum Gasteiger partial charge on any atom is 0.411 e. The first kappa shape index (κ1) is 21.4. The van der Waals surface area contributed by atoms with E-state index in [1.54, 1.807) is 19.1 Å². The van der Waals surface area contributed by atoms with Crippen molar-refractivity contribution in [1.82, 2.24) is 4.90 Å². The molecule has 6 nitrogen and oxygen atoms in total. The lowest BCUT2D eigenvalue weighted by Crippen LogP contribution is -2.56. The van der Waals surface area contributed by atoms with E-state index in [1.807, 2.05) is 66.7 Å². The van der Waals surface area contributed by atoms with Crippen LogP contribution in [0.25, 0.3) is 0 Å². The fourth-order valence-electron chi connectivity index (χ4n) is 3.99. The highest BCUT2D eigenvalue weighted by molar-refractivity contribution is 5.86. The monoisotopic (exact) mass is 431 g/mol. The summed E-state index contributed by atoms with van der Waals surface area (Å²) in [7, 11) is 0. The minimum absolute atomic E-state index is 0.0883. The summed E-state index contributed by atoms with van der Waals surface area (Å²) in [5, 5.41) is 10.1. The Morgan fingerprint density at radius 2 is 1.56 bits per heavy atom. The van der Waals surface area contributed by atoms with Gasteiger partial charge in [0, 0.05) is 6.54 Å². The van der Waals surface area contributed by atoms with Gasteiger partial charge in [-0.25, -0.2) is 9.59 Å². The first-order valence-corrected chi connectivity index (χ1v) is 10.5. The Bertz CT molecular complexity index is 1100. The number of benzene rings is 3. The highest BCUT2D eigenvalue weighted by Crippen LogP contribution is 2.38. The van der Waals surface area contributed by atoms with E-state index in [2.05, 4.69) is 0 Å². The van der Waals surface area contributed by atoms with Gasteiger partial charge in [0.2, 0.25) is 0 Å². The molecule has 0 saturated carbocycles. The smallest absolute Gasteiger partial charge is 0.411 e. The second-order valence-corrected chi connectivity index (χ2v) is 7.91. The number of aliphatic carboxylic acids is 1. The summed E-state index contributed by atoms with van der Waals surface area (Å²) in [6, 6.07) is 24.5. The van der Waals surface area contributed by atoms with Crippen LogP contribution in [0.4, 0.5) is 4.79 Å². The topological polar surface area (TPSA) is 76.1 Å². The standard InChI is InChI=1S/C26H25NO5/c1-26(24(28)29)23-13-12-22(31-17-19-8-4-2-5-9-19)16-21(23)14-15-27(26)25(30)32-18-20-10-6-3-7-11-20/h2-13,16H,14-15,17-18H2,1H3,(H,28,29). The second-order valence-electron chi connectivity index (χ2n) is 7.91. The predicted molar refractivity (Wildman–Crippen MR) is 119 cm³/mol. The molecule has 0 bridgehead atoms. The third-order valence-corrected chi connectivity index (χ3v) is 5.84. The fourth-order valence-corrected chi connectivity index (χ4v) is 3.99. The van der Waals surface area contributed by atoms with Crippen LogP contribution in [0.2, 0.25) is 0 Å². The molecule has 0 aliphatic carbocycles. The maximum absolute atomic E-state index is 12.8. The number of nitrogens with zero attached hydrogens (tertiary/aromatic N) is 1. The first-order valence-electron chi connectivity index (χ1n) is 10.5. The maximum atomic E-state index is 12.8. The predicted octanol–water partition coefficient (Wildman–Crippen LogP) is 4.76. The molecular formula is C26H25NO5. The summed E-state index contributed by atoms with van der Waals surface area (Å²) < 4.78 is 11.3. The van der Waals surface area contributed by atoms with E-state index in [0.29, 0.717) is 24.3 Å². The average Bonchev–Trinajstić information content (AvgIpc) is 2.82. The molecule has 1 amide bonds. The van der Waals surface area contributed by atoms with Crippen molar-refractivity contribution in [3.05, 3.63) is 101 Å². The zero-order chi connectivity index (χ0) is 22.6. The van der Waals surface area contributed by atoms with E-state index in [1.165, 1.54) is 4.90 Å². The molecule has 0 radical (unpaired) electrons. The normalized spacial score (nSPS) is 17.3. The van der Waals surface area contributed by atoms with Crippen LogP contribution in [0.15, 0.2) is 78.9 Å².